The second kappa shape index (κ2) is 4.81. The molecule has 18 heavy (non-hydrogen) atoms. The zero-order valence-corrected chi connectivity index (χ0v) is 9.85. The van der Waals surface area contributed by atoms with Crippen LogP contribution >= 0.6 is 0 Å². The third kappa shape index (κ3) is 2.24. The Hall–Kier alpha value is -1.82. The van der Waals surface area contributed by atoms with Gasteiger partial charge in [-0.15, -0.1) is 0 Å². The number of hydrogen-bond acceptors (Lipinski definition) is 4. The highest BCUT2D eigenvalue weighted by atomic mass is 19.1. The van der Waals surface area contributed by atoms with Crippen molar-refractivity contribution in [3.05, 3.63) is 23.3 Å². The number of hydrogen-bond donors (Lipinski definition) is 2. The van der Waals surface area contributed by atoms with Crippen LogP contribution in [-0.4, -0.2) is 24.3 Å². The molecule has 3 N–H and O–H groups in total. The number of fused-ring (bicyclic) bond motifs is 1. The van der Waals surface area contributed by atoms with Crippen molar-refractivity contribution in [2.24, 2.45) is 5.73 Å². The van der Waals surface area contributed by atoms with Gasteiger partial charge in [0.1, 0.15) is 25.4 Å². The van der Waals surface area contributed by atoms with Gasteiger partial charge in [-0.1, -0.05) is 0 Å². The molecule has 1 aliphatic rings. The van der Waals surface area contributed by atoms with Crippen LogP contribution in [0.1, 0.15) is 30.3 Å². The molecule has 5 nitrogen and oxygen atoms in total. The molecule has 1 heterocycles. The van der Waals surface area contributed by atoms with Crippen molar-refractivity contribution >= 4 is 5.97 Å². The predicted octanol–water partition coefficient (Wildman–Crippen LogP) is 1.57. The molecule has 0 saturated heterocycles. The molecule has 2 atom stereocenters. The Kier molecular flexibility index (Phi) is 3.38. The smallest absolute Gasteiger partial charge is 0.325 e. The van der Waals surface area contributed by atoms with Gasteiger partial charge >= 0.3 is 5.97 Å². The molecule has 2 unspecified atom stereocenters. The van der Waals surface area contributed by atoms with Crippen LogP contribution in [0.5, 0.6) is 11.5 Å². The van der Waals surface area contributed by atoms with E-state index >= 15 is 0 Å². The van der Waals surface area contributed by atoms with Crippen LogP contribution in [0.2, 0.25) is 0 Å². The molecule has 2 rings (SSSR count). The summed E-state index contributed by atoms with van der Waals surface area (Å²) >= 11 is 0. The SMILES string of the molecule is CC(F)c1cc2c(cc1C(N)C(=O)O)OCCO2. The van der Waals surface area contributed by atoms with Gasteiger partial charge in [-0.25, -0.2) is 4.39 Å². The Bertz CT molecular complexity index is 475. The van der Waals surface area contributed by atoms with Gasteiger partial charge in [0, 0.05) is 0 Å². The van der Waals surface area contributed by atoms with E-state index in [0.29, 0.717) is 24.7 Å². The van der Waals surface area contributed by atoms with Gasteiger partial charge < -0.3 is 20.3 Å². The van der Waals surface area contributed by atoms with Crippen LogP contribution in [0, 0.1) is 0 Å². The minimum atomic E-state index is -1.33. The van der Waals surface area contributed by atoms with Crippen molar-refractivity contribution in [3.8, 4) is 11.5 Å². The van der Waals surface area contributed by atoms with Crippen LogP contribution in [0.4, 0.5) is 4.39 Å². The Balaban J connectivity index is 2.52. The van der Waals surface area contributed by atoms with Gasteiger partial charge in [-0.2, -0.15) is 0 Å². The van der Waals surface area contributed by atoms with Crippen molar-refractivity contribution in [2.45, 2.75) is 19.1 Å². The third-order valence-corrected chi connectivity index (χ3v) is 2.78. The first-order chi connectivity index (χ1) is 8.50. The van der Waals surface area contributed by atoms with Crippen molar-refractivity contribution < 1.29 is 23.8 Å². The standard InChI is InChI=1S/C12H14FNO4/c1-6(13)7-4-9-10(18-3-2-17-9)5-8(7)11(14)12(15)16/h4-6,11H,2-3,14H2,1H3,(H,15,16). The Labute approximate surface area is 103 Å². The molecule has 0 spiro atoms. The number of carboxylic acids is 1. The van der Waals surface area contributed by atoms with Gasteiger partial charge in [-0.05, 0) is 30.2 Å². The molecule has 6 heteroatoms. The van der Waals surface area contributed by atoms with Crippen molar-refractivity contribution in [1.29, 1.82) is 0 Å². The minimum absolute atomic E-state index is 0.210. The molecule has 0 amide bonds. The van der Waals surface area contributed by atoms with Gasteiger partial charge in [0.25, 0.3) is 0 Å². The van der Waals surface area contributed by atoms with Crippen molar-refractivity contribution in [1.82, 2.24) is 0 Å². The monoisotopic (exact) mass is 255 g/mol. The van der Waals surface area contributed by atoms with Crippen LogP contribution < -0.4 is 15.2 Å². The predicted molar refractivity (Wildman–Crippen MR) is 61.5 cm³/mol. The fourth-order valence-electron chi connectivity index (χ4n) is 1.87. The van der Waals surface area contributed by atoms with E-state index in [-0.39, 0.29) is 11.1 Å². The summed E-state index contributed by atoms with van der Waals surface area (Å²) < 4.78 is 24.2. The zero-order valence-electron chi connectivity index (χ0n) is 9.85. The number of halogens is 1. The van der Waals surface area contributed by atoms with Crippen molar-refractivity contribution in [3.63, 3.8) is 0 Å². The molecular weight excluding hydrogens is 241 g/mol. The summed E-state index contributed by atoms with van der Waals surface area (Å²) in [6.45, 7) is 2.08. The Morgan fingerprint density at radius 1 is 1.33 bits per heavy atom. The maximum atomic E-state index is 13.5. The lowest BCUT2D eigenvalue weighted by Gasteiger charge is -2.22. The number of benzene rings is 1. The van der Waals surface area contributed by atoms with E-state index in [0.717, 1.165) is 0 Å². The summed E-state index contributed by atoms with van der Waals surface area (Å²) in [5.74, 6) is -0.395. The summed E-state index contributed by atoms with van der Waals surface area (Å²) in [6, 6.07) is 1.62. The largest absolute Gasteiger partial charge is 0.486 e. The van der Waals surface area contributed by atoms with Gasteiger partial charge in [0.15, 0.2) is 11.5 Å². The topological polar surface area (TPSA) is 81.8 Å². The number of alkyl halides is 1. The molecule has 0 aliphatic carbocycles. The number of carbonyl (C=O) groups is 1. The summed E-state index contributed by atoms with van der Waals surface area (Å²) in [5.41, 5.74) is 5.97. The van der Waals surface area contributed by atoms with E-state index in [4.69, 9.17) is 20.3 Å². The fraction of sp³-hybridized carbons (Fsp3) is 0.417. The van der Waals surface area contributed by atoms with Gasteiger partial charge in [-0.3, -0.25) is 4.79 Å². The summed E-state index contributed by atoms with van der Waals surface area (Å²) in [5, 5.41) is 8.93. The Morgan fingerprint density at radius 2 is 1.83 bits per heavy atom. The highest BCUT2D eigenvalue weighted by Crippen LogP contribution is 2.38. The van der Waals surface area contributed by atoms with Crippen LogP contribution in [0.25, 0.3) is 0 Å². The molecule has 0 bridgehead atoms. The van der Waals surface area contributed by atoms with E-state index in [2.05, 4.69) is 0 Å². The number of ether oxygens (including phenoxy) is 2. The molecule has 0 radical (unpaired) electrons. The van der Waals surface area contributed by atoms with Crippen LogP contribution in [0.3, 0.4) is 0 Å². The van der Waals surface area contributed by atoms with E-state index < -0.39 is 18.2 Å². The van der Waals surface area contributed by atoms with Crippen molar-refractivity contribution in [2.75, 3.05) is 13.2 Å². The quantitative estimate of drug-likeness (QED) is 0.856. The molecular formula is C12H14FNO4. The first kappa shape index (κ1) is 12.6. The summed E-state index contributed by atoms with van der Waals surface area (Å²) in [4.78, 5) is 10.9. The first-order valence-corrected chi connectivity index (χ1v) is 5.56. The molecule has 1 aliphatic heterocycles. The van der Waals surface area contributed by atoms with Crippen LogP contribution in [0.15, 0.2) is 12.1 Å². The number of rotatable bonds is 3. The first-order valence-electron chi connectivity index (χ1n) is 5.56. The molecule has 0 saturated carbocycles. The second-order valence-electron chi connectivity index (χ2n) is 4.06. The Morgan fingerprint density at radius 3 is 2.28 bits per heavy atom. The third-order valence-electron chi connectivity index (χ3n) is 2.78. The highest BCUT2D eigenvalue weighted by molar-refractivity contribution is 5.76. The molecule has 98 valence electrons. The van der Waals surface area contributed by atoms with Crippen LogP contribution in [-0.2, 0) is 4.79 Å². The molecule has 0 fully saturated rings. The second-order valence-corrected chi connectivity index (χ2v) is 4.06. The lowest BCUT2D eigenvalue weighted by molar-refractivity contribution is -0.138. The zero-order chi connectivity index (χ0) is 13.3. The maximum absolute atomic E-state index is 13.5. The molecule has 0 aromatic heterocycles. The lowest BCUT2D eigenvalue weighted by atomic mass is 9.97. The average Bonchev–Trinajstić information content (AvgIpc) is 2.36. The molecule has 1 aromatic rings. The normalized spacial score (nSPS) is 17.1. The lowest BCUT2D eigenvalue weighted by Crippen LogP contribution is -2.23. The van der Waals surface area contributed by atoms with E-state index in [1.165, 1.54) is 19.1 Å². The fourth-order valence-corrected chi connectivity index (χ4v) is 1.87. The van der Waals surface area contributed by atoms with Gasteiger partial charge in [0.2, 0.25) is 0 Å². The number of aliphatic carboxylic acids is 1. The summed E-state index contributed by atoms with van der Waals surface area (Å²) in [6.07, 6.45) is -1.33. The minimum Gasteiger partial charge on any atom is -0.486 e. The van der Waals surface area contributed by atoms with E-state index in [9.17, 15) is 9.18 Å². The van der Waals surface area contributed by atoms with E-state index in [1.54, 1.807) is 0 Å². The van der Waals surface area contributed by atoms with Gasteiger partial charge in [0.05, 0.1) is 0 Å². The average molecular weight is 255 g/mol. The highest BCUT2D eigenvalue weighted by Gasteiger charge is 2.25. The number of nitrogens with two attached hydrogens (primary N) is 1. The number of carboxylic acid groups (broad SMARTS) is 1. The molecule has 1 aromatic carbocycles. The maximum Gasteiger partial charge on any atom is 0.325 e. The summed E-state index contributed by atoms with van der Waals surface area (Å²) in [7, 11) is 0. The van der Waals surface area contributed by atoms with E-state index in [1.807, 2.05) is 0 Å².